The molecule has 0 aliphatic rings. The summed E-state index contributed by atoms with van der Waals surface area (Å²) >= 11 is 6.18. The van der Waals surface area contributed by atoms with E-state index in [1.807, 2.05) is 0 Å². The maximum atomic E-state index is 13.6. The second-order valence-electron chi connectivity index (χ2n) is 4.68. The minimum atomic E-state index is -4.29. The summed E-state index contributed by atoms with van der Waals surface area (Å²) in [4.78, 5) is 1.17. The van der Waals surface area contributed by atoms with Gasteiger partial charge >= 0.3 is 6.18 Å². The van der Waals surface area contributed by atoms with Crippen LogP contribution in [0.3, 0.4) is 0 Å². The Balaban J connectivity index is 2.12. The second-order valence-corrected chi connectivity index (χ2v) is 6.30. The molecule has 0 aliphatic carbocycles. The summed E-state index contributed by atoms with van der Waals surface area (Å²) in [5.74, 6) is -0.451. The zero-order valence-electron chi connectivity index (χ0n) is 12.1. The van der Waals surface area contributed by atoms with E-state index < -0.39 is 18.5 Å². The minimum Gasteiger partial charge on any atom is -0.328 e. The molecule has 1 heterocycles. The third-order valence-corrected chi connectivity index (χ3v) is 4.13. The molecule has 2 aromatic rings. The van der Waals surface area contributed by atoms with E-state index in [9.17, 15) is 17.6 Å². The Bertz CT molecular complexity index is 710. The highest BCUT2D eigenvalue weighted by molar-refractivity contribution is 7.73. The largest absolute Gasteiger partial charge is 0.401 e. The summed E-state index contributed by atoms with van der Waals surface area (Å²) in [6.45, 7) is 0.707. The van der Waals surface area contributed by atoms with Gasteiger partial charge < -0.3 is 5.32 Å². The molecule has 4 nitrogen and oxygen atoms in total. The average molecular weight is 366 g/mol. The van der Waals surface area contributed by atoms with Gasteiger partial charge in [-0.15, -0.1) is 5.10 Å². The lowest BCUT2D eigenvalue weighted by molar-refractivity contribution is -0.149. The van der Waals surface area contributed by atoms with E-state index in [1.165, 1.54) is 21.7 Å². The Labute approximate surface area is 139 Å². The smallest absolute Gasteiger partial charge is 0.328 e. The molecule has 0 saturated carbocycles. The fraction of sp³-hybridized carbons (Fsp3) is 0.385. The molecule has 0 amide bonds. The highest BCUT2D eigenvalue weighted by atomic mass is 32.1. The van der Waals surface area contributed by atoms with Gasteiger partial charge in [0.05, 0.1) is 18.9 Å². The predicted octanol–water partition coefficient (Wildman–Crippen LogP) is 4.40. The molecule has 0 spiro atoms. The highest BCUT2D eigenvalue weighted by Crippen LogP contribution is 2.23. The second kappa shape index (κ2) is 7.37. The number of hydrogen-bond acceptors (Lipinski definition) is 5. The molecule has 0 atom stereocenters. The SMILES string of the molecule is CCN(Cn1nc(Nc2ccccc2F)sc1=S)CC(F)(F)F. The van der Waals surface area contributed by atoms with Crippen LogP contribution in [0.2, 0.25) is 0 Å². The summed E-state index contributed by atoms with van der Waals surface area (Å²) in [7, 11) is 0. The van der Waals surface area contributed by atoms with Gasteiger partial charge in [-0.2, -0.15) is 13.2 Å². The molecule has 23 heavy (non-hydrogen) atoms. The number of hydrogen-bond donors (Lipinski definition) is 1. The Morgan fingerprint density at radius 1 is 1.35 bits per heavy atom. The maximum Gasteiger partial charge on any atom is 0.401 e. The lowest BCUT2D eigenvalue weighted by Crippen LogP contribution is -2.35. The lowest BCUT2D eigenvalue weighted by Gasteiger charge is -2.21. The lowest BCUT2D eigenvalue weighted by atomic mass is 10.3. The fourth-order valence-electron chi connectivity index (χ4n) is 1.83. The van der Waals surface area contributed by atoms with Crippen molar-refractivity contribution in [3.63, 3.8) is 0 Å². The molecule has 1 aromatic carbocycles. The van der Waals surface area contributed by atoms with Crippen molar-refractivity contribution in [1.82, 2.24) is 14.7 Å². The Morgan fingerprint density at radius 3 is 2.65 bits per heavy atom. The van der Waals surface area contributed by atoms with E-state index in [-0.39, 0.29) is 18.9 Å². The van der Waals surface area contributed by atoms with Gasteiger partial charge in [0.15, 0.2) is 3.95 Å². The molecular weight excluding hydrogens is 352 g/mol. The molecule has 1 aromatic heterocycles. The number of para-hydroxylation sites is 1. The van der Waals surface area contributed by atoms with E-state index in [4.69, 9.17) is 12.2 Å². The number of aromatic nitrogens is 2. The molecule has 0 unspecified atom stereocenters. The van der Waals surface area contributed by atoms with Gasteiger partial charge in [-0.25, -0.2) is 9.07 Å². The predicted molar refractivity (Wildman–Crippen MR) is 83.9 cm³/mol. The van der Waals surface area contributed by atoms with Crippen molar-refractivity contribution >= 4 is 34.4 Å². The summed E-state index contributed by atoms with van der Waals surface area (Å²) in [5.41, 5.74) is 0.228. The fourth-order valence-corrected chi connectivity index (χ4v) is 2.83. The van der Waals surface area contributed by atoms with Crippen LogP contribution in [0.5, 0.6) is 0 Å². The Kier molecular flexibility index (Phi) is 5.71. The molecule has 2 rings (SSSR count). The van der Waals surface area contributed by atoms with Crippen LogP contribution in [-0.2, 0) is 6.67 Å². The standard InChI is InChI=1S/C13H14F4N4S2/c1-2-20(7-13(15,16)17)8-21-12(22)23-11(19-21)18-10-6-4-3-5-9(10)14/h3-6H,2,7-8H2,1H3,(H,18,19). The van der Waals surface area contributed by atoms with Crippen molar-refractivity contribution in [2.24, 2.45) is 0 Å². The number of nitrogens with one attached hydrogen (secondary N) is 1. The van der Waals surface area contributed by atoms with Crippen LogP contribution in [0.15, 0.2) is 24.3 Å². The number of anilines is 2. The molecule has 10 heteroatoms. The van der Waals surface area contributed by atoms with Crippen LogP contribution in [0.4, 0.5) is 28.4 Å². The van der Waals surface area contributed by atoms with Gasteiger partial charge in [-0.3, -0.25) is 4.90 Å². The number of benzene rings is 1. The van der Waals surface area contributed by atoms with Crippen molar-refractivity contribution in [2.45, 2.75) is 19.8 Å². The maximum absolute atomic E-state index is 13.6. The van der Waals surface area contributed by atoms with Gasteiger partial charge in [0.25, 0.3) is 0 Å². The summed E-state index contributed by atoms with van der Waals surface area (Å²) in [6, 6.07) is 6.04. The van der Waals surface area contributed by atoms with Crippen LogP contribution in [0.25, 0.3) is 0 Å². The highest BCUT2D eigenvalue weighted by Gasteiger charge is 2.30. The number of halogens is 4. The van der Waals surface area contributed by atoms with Crippen LogP contribution >= 0.6 is 23.6 Å². The monoisotopic (exact) mass is 366 g/mol. The first-order valence-corrected chi connectivity index (χ1v) is 7.89. The Hall–Kier alpha value is -1.52. The molecule has 0 aliphatic heterocycles. The zero-order valence-corrected chi connectivity index (χ0v) is 13.7. The summed E-state index contributed by atoms with van der Waals surface area (Å²) in [5, 5.41) is 7.21. The quantitative estimate of drug-likeness (QED) is 0.607. The van der Waals surface area contributed by atoms with Crippen LogP contribution in [0.1, 0.15) is 6.92 Å². The van der Waals surface area contributed by atoms with Crippen molar-refractivity contribution in [3.8, 4) is 0 Å². The molecule has 126 valence electrons. The molecule has 0 bridgehead atoms. The third-order valence-electron chi connectivity index (χ3n) is 2.91. The molecular formula is C13H14F4N4S2. The summed E-state index contributed by atoms with van der Waals surface area (Å²) < 4.78 is 52.6. The van der Waals surface area contributed by atoms with Gasteiger partial charge in [0, 0.05) is 0 Å². The normalized spacial score (nSPS) is 11.9. The number of nitrogens with zero attached hydrogens (tertiary/aromatic N) is 3. The van der Waals surface area contributed by atoms with E-state index in [0.29, 0.717) is 9.09 Å². The minimum absolute atomic E-state index is 0.0791. The van der Waals surface area contributed by atoms with Gasteiger partial charge in [-0.05, 0) is 30.9 Å². The van der Waals surface area contributed by atoms with Crippen molar-refractivity contribution in [1.29, 1.82) is 0 Å². The van der Waals surface area contributed by atoms with E-state index in [0.717, 1.165) is 11.3 Å². The first-order chi connectivity index (χ1) is 10.8. The molecule has 0 fully saturated rings. The van der Waals surface area contributed by atoms with Gasteiger partial charge in [0.2, 0.25) is 5.13 Å². The zero-order chi connectivity index (χ0) is 17.0. The summed E-state index contributed by atoms with van der Waals surface area (Å²) in [6.07, 6.45) is -4.29. The van der Waals surface area contributed by atoms with Crippen LogP contribution in [-0.4, -0.2) is 33.9 Å². The van der Waals surface area contributed by atoms with Crippen molar-refractivity contribution in [3.05, 3.63) is 34.0 Å². The topological polar surface area (TPSA) is 33.1 Å². The third kappa shape index (κ3) is 5.26. The molecule has 0 saturated heterocycles. The number of alkyl halides is 3. The molecule has 1 N–H and O–H groups in total. The Morgan fingerprint density at radius 2 is 2.04 bits per heavy atom. The first kappa shape index (κ1) is 17.8. The van der Waals surface area contributed by atoms with Crippen molar-refractivity contribution in [2.75, 3.05) is 18.4 Å². The van der Waals surface area contributed by atoms with Crippen LogP contribution < -0.4 is 5.32 Å². The van der Waals surface area contributed by atoms with Crippen LogP contribution in [0, 0.1) is 9.77 Å². The van der Waals surface area contributed by atoms with E-state index in [1.54, 1.807) is 19.1 Å². The van der Waals surface area contributed by atoms with E-state index >= 15 is 0 Å². The van der Waals surface area contributed by atoms with Gasteiger partial charge in [-0.1, -0.05) is 30.4 Å². The number of rotatable bonds is 6. The van der Waals surface area contributed by atoms with Crippen molar-refractivity contribution < 1.29 is 17.6 Å². The average Bonchev–Trinajstić information content (AvgIpc) is 2.79. The van der Waals surface area contributed by atoms with Gasteiger partial charge in [0.1, 0.15) is 5.82 Å². The molecule has 0 radical (unpaired) electrons. The first-order valence-electron chi connectivity index (χ1n) is 6.67. The van der Waals surface area contributed by atoms with E-state index in [2.05, 4.69) is 10.4 Å².